The van der Waals surface area contributed by atoms with Gasteiger partial charge < -0.3 is 11.1 Å². The van der Waals surface area contributed by atoms with E-state index >= 15 is 0 Å². The summed E-state index contributed by atoms with van der Waals surface area (Å²) < 4.78 is 0. The van der Waals surface area contributed by atoms with E-state index < -0.39 is 23.8 Å². The van der Waals surface area contributed by atoms with Gasteiger partial charge in [0.25, 0.3) is 11.8 Å². The maximum atomic E-state index is 12.8. The first-order valence-corrected chi connectivity index (χ1v) is 9.51. The minimum absolute atomic E-state index is 0.110. The second-order valence-electron chi connectivity index (χ2n) is 8.10. The Morgan fingerprint density at radius 3 is 2.57 bits per heavy atom. The van der Waals surface area contributed by atoms with E-state index in [0.29, 0.717) is 17.7 Å². The highest BCUT2D eigenvalue weighted by Gasteiger charge is 2.44. The molecule has 1 saturated heterocycles. The molecule has 8 nitrogen and oxygen atoms in total. The fourth-order valence-electron chi connectivity index (χ4n) is 3.53. The van der Waals surface area contributed by atoms with Crippen molar-refractivity contribution < 1.29 is 19.2 Å². The highest BCUT2D eigenvalue weighted by molar-refractivity contribution is 6.23. The van der Waals surface area contributed by atoms with Gasteiger partial charge in [0.05, 0.1) is 11.1 Å². The van der Waals surface area contributed by atoms with Gasteiger partial charge in [-0.2, -0.15) is 0 Å². The number of fused-ring (bicyclic) bond motifs is 1. The Labute approximate surface area is 163 Å². The van der Waals surface area contributed by atoms with Crippen LogP contribution in [0, 0.1) is 0 Å². The van der Waals surface area contributed by atoms with Crippen LogP contribution in [0.5, 0.6) is 0 Å². The fourth-order valence-corrected chi connectivity index (χ4v) is 3.53. The summed E-state index contributed by atoms with van der Waals surface area (Å²) in [7, 11) is 0. The summed E-state index contributed by atoms with van der Waals surface area (Å²) >= 11 is 0. The molecule has 28 heavy (non-hydrogen) atoms. The van der Waals surface area contributed by atoms with Crippen LogP contribution < -0.4 is 16.4 Å². The van der Waals surface area contributed by atoms with Crippen LogP contribution in [0.3, 0.4) is 0 Å². The maximum absolute atomic E-state index is 12.8. The van der Waals surface area contributed by atoms with Crippen LogP contribution in [-0.4, -0.2) is 46.7 Å². The Morgan fingerprint density at radius 1 is 1.18 bits per heavy atom. The number of nitrogens with zero attached hydrogens (tertiary/aromatic N) is 1. The number of hydrogen-bond donors (Lipinski definition) is 3. The highest BCUT2D eigenvalue weighted by atomic mass is 16.2. The van der Waals surface area contributed by atoms with Crippen LogP contribution in [0.2, 0.25) is 0 Å². The van der Waals surface area contributed by atoms with Crippen LogP contribution >= 0.6 is 0 Å². The standard InChI is InChI=1S/C20H26N4O4/c1-20(2,21)8-3-9-22-11-12-4-5-13-14(10-12)19(28)24(18(13)27)15-6-7-16(25)23-17(15)26/h4-5,10,15,22H,3,6-9,11,21H2,1-2H3,(H,23,25,26). The molecule has 4 N–H and O–H groups in total. The molecule has 0 bridgehead atoms. The number of nitrogens with one attached hydrogen (secondary N) is 2. The zero-order valence-corrected chi connectivity index (χ0v) is 16.2. The van der Waals surface area contributed by atoms with Crippen molar-refractivity contribution in [2.45, 2.75) is 57.7 Å². The summed E-state index contributed by atoms with van der Waals surface area (Å²) in [5.74, 6) is -1.96. The van der Waals surface area contributed by atoms with Crippen molar-refractivity contribution in [3.63, 3.8) is 0 Å². The molecule has 2 aliphatic rings. The van der Waals surface area contributed by atoms with Gasteiger partial charge in [0.2, 0.25) is 11.8 Å². The number of carbonyl (C=O) groups excluding carboxylic acids is 4. The monoisotopic (exact) mass is 386 g/mol. The minimum Gasteiger partial charge on any atom is -0.326 e. The van der Waals surface area contributed by atoms with Crippen LogP contribution in [0.25, 0.3) is 0 Å². The predicted molar refractivity (Wildman–Crippen MR) is 102 cm³/mol. The van der Waals surface area contributed by atoms with E-state index in [0.717, 1.165) is 29.8 Å². The van der Waals surface area contributed by atoms with Gasteiger partial charge in [-0.15, -0.1) is 0 Å². The van der Waals surface area contributed by atoms with Crippen molar-refractivity contribution >= 4 is 23.6 Å². The molecule has 1 fully saturated rings. The van der Waals surface area contributed by atoms with Gasteiger partial charge in [-0.1, -0.05) is 6.07 Å². The third kappa shape index (κ3) is 4.28. The van der Waals surface area contributed by atoms with Crippen molar-refractivity contribution in [2.24, 2.45) is 5.73 Å². The smallest absolute Gasteiger partial charge is 0.262 e. The number of benzene rings is 1. The average molecular weight is 386 g/mol. The van der Waals surface area contributed by atoms with Gasteiger partial charge in [0.1, 0.15) is 6.04 Å². The molecule has 1 unspecified atom stereocenters. The number of carbonyl (C=O) groups is 4. The highest BCUT2D eigenvalue weighted by Crippen LogP contribution is 2.28. The lowest BCUT2D eigenvalue weighted by atomic mass is 10.0. The van der Waals surface area contributed by atoms with Crippen molar-refractivity contribution in [3.8, 4) is 0 Å². The molecule has 0 radical (unpaired) electrons. The molecule has 3 rings (SSSR count). The molecule has 8 heteroatoms. The Morgan fingerprint density at radius 2 is 1.89 bits per heavy atom. The lowest BCUT2D eigenvalue weighted by molar-refractivity contribution is -0.136. The van der Waals surface area contributed by atoms with Gasteiger partial charge >= 0.3 is 0 Å². The maximum Gasteiger partial charge on any atom is 0.262 e. The summed E-state index contributed by atoms with van der Waals surface area (Å²) in [6, 6.07) is 4.19. The first-order chi connectivity index (χ1) is 13.2. The minimum atomic E-state index is -0.939. The van der Waals surface area contributed by atoms with E-state index in [9.17, 15) is 19.2 Å². The van der Waals surface area contributed by atoms with Gasteiger partial charge in [0, 0.05) is 18.5 Å². The van der Waals surface area contributed by atoms with Crippen LogP contribution in [-0.2, 0) is 16.1 Å². The van der Waals surface area contributed by atoms with Crippen LogP contribution in [0.4, 0.5) is 0 Å². The fraction of sp³-hybridized carbons (Fsp3) is 0.500. The quantitative estimate of drug-likeness (QED) is 0.468. The zero-order chi connectivity index (χ0) is 20.5. The van der Waals surface area contributed by atoms with Crippen molar-refractivity contribution in [1.29, 1.82) is 0 Å². The number of piperidine rings is 1. The molecule has 0 saturated carbocycles. The van der Waals surface area contributed by atoms with Gasteiger partial charge in [-0.25, -0.2) is 0 Å². The Kier molecular flexibility index (Phi) is 5.62. The summed E-state index contributed by atoms with van der Waals surface area (Å²) in [5.41, 5.74) is 7.25. The summed E-state index contributed by atoms with van der Waals surface area (Å²) in [4.78, 5) is 49.8. The van der Waals surface area contributed by atoms with E-state index in [-0.39, 0.29) is 24.3 Å². The predicted octanol–water partition coefficient (Wildman–Crippen LogP) is 0.695. The largest absolute Gasteiger partial charge is 0.326 e. The molecule has 1 aromatic rings. The molecular weight excluding hydrogens is 360 g/mol. The van der Waals surface area contributed by atoms with E-state index in [1.54, 1.807) is 18.2 Å². The molecule has 2 heterocycles. The SMILES string of the molecule is CC(C)(N)CCCNCc1ccc2c(c1)C(=O)N(C1CCC(=O)NC1=O)C2=O. The molecule has 150 valence electrons. The average Bonchev–Trinajstić information content (AvgIpc) is 2.85. The molecule has 2 aliphatic heterocycles. The number of rotatable bonds is 7. The van der Waals surface area contributed by atoms with Crippen molar-refractivity contribution in [1.82, 2.24) is 15.5 Å². The topological polar surface area (TPSA) is 122 Å². The molecule has 0 aliphatic carbocycles. The first kappa shape index (κ1) is 20.2. The lowest BCUT2D eigenvalue weighted by Crippen LogP contribution is -2.54. The number of imide groups is 2. The van der Waals surface area contributed by atoms with Gasteiger partial charge in [-0.3, -0.25) is 29.4 Å². The molecule has 1 atom stereocenters. The summed E-state index contributed by atoms with van der Waals surface area (Å²) in [6.07, 6.45) is 2.11. The molecule has 0 spiro atoms. The second kappa shape index (κ2) is 7.81. The first-order valence-electron chi connectivity index (χ1n) is 9.51. The third-order valence-corrected chi connectivity index (χ3v) is 5.01. The van der Waals surface area contributed by atoms with E-state index in [1.165, 1.54) is 0 Å². The van der Waals surface area contributed by atoms with Gasteiger partial charge in [0.15, 0.2) is 0 Å². The Hall–Kier alpha value is -2.58. The zero-order valence-electron chi connectivity index (χ0n) is 16.2. The molecule has 0 aromatic heterocycles. The van der Waals surface area contributed by atoms with Crippen LogP contribution in [0.1, 0.15) is 65.8 Å². The van der Waals surface area contributed by atoms with Gasteiger partial charge in [-0.05, 0) is 57.4 Å². The number of amides is 4. The lowest BCUT2D eigenvalue weighted by Gasteiger charge is -2.27. The summed E-state index contributed by atoms with van der Waals surface area (Å²) in [5, 5.41) is 5.50. The molecule has 1 aromatic carbocycles. The van der Waals surface area contributed by atoms with Crippen molar-refractivity contribution in [3.05, 3.63) is 34.9 Å². The second-order valence-corrected chi connectivity index (χ2v) is 8.10. The molecular formula is C20H26N4O4. The van der Waals surface area contributed by atoms with Crippen LogP contribution in [0.15, 0.2) is 18.2 Å². The van der Waals surface area contributed by atoms with E-state index in [4.69, 9.17) is 5.73 Å². The van der Waals surface area contributed by atoms with E-state index in [1.807, 2.05) is 13.8 Å². The summed E-state index contributed by atoms with van der Waals surface area (Å²) in [6.45, 7) is 5.35. The van der Waals surface area contributed by atoms with Crippen molar-refractivity contribution in [2.75, 3.05) is 6.54 Å². The molecule has 4 amide bonds. The number of nitrogens with two attached hydrogens (primary N) is 1. The Bertz CT molecular complexity index is 828. The normalized spacial score (nSPS) is 19.8. The van der Waals surface area contributed by atoms with E-state index in [2.05, 4.69) is 10.6 Å². The number of hydrogen-bond acceptors (Lipinski definition) is 6. The third-order valence-electron chi connectivity index (χ3n) is 5.01. The Balaban J connectivity index is 1.65.